The first-order valence-corrected chi connectivity index (χ1v) is 9.47. The highest BCUT2D eigenvalue weighted by molar-refractivity contribution is 6.16. The van der Waals surface area contributed by atoms with Crippen molar-refractivity contribution in [2.45, 2.75) is 13.8 Å². The molecule has 3 aromatic carbocycles. The second-order valence-electron chi connectivity index (χ2n) is 7.08. The summed E-state index contributed by atoms with van der Waals surface area (Å²) >= 11 is 0. The zero-order valence-corrected chi connectivity index (χ0v) is 16.3. The average molecular weight is 381 g/mol. The van der Waals surface area contributed by atoms with Crippen LogP contribution in [0.1, 0.15) is 27.2 Å². The molecule has 3 heteroatoms. The number of carbonyl (C=O) groups is 1. The van der Waals surface area contributed by atoms with Crippen molar-refractivity contribution in [1.29, 1.82) is 0 Å². The number of halogens is 1. The van der Waals surface area contributed by atoms with Gasteiger partial charge in [0.25, 0.3) is 0 Å². The first-order valence-electron chi connectivity index (χ1n) is 9.47. The van der Waals surface area contributed by atoms with Crippen molar-refractivity contribution in [2.75, 3.05) is 0 Å². The first-order chi connectivity index (χ1) is 14.0. The number of nitrogens with zero attached hydrogens (tertiary/aromatic N) is 1. The van der Waals surface area contributed by atoms with E-state index in [0.717, 1.165) is 33.2 Å². The minimum atomic E-state index is -0.301. The zero-order chi connectivity index (χ0) is 20.4. The van der Waals surface area contributed by atoms with Crippen LogP contribution >= 0.6 is 0 Å². The van der Waals surface area contributed by atoms with E-state index in [-0.39, 0.29) is 11.6 Å². The summed E-state index contributed by atoms with van der Waals surface area (Å²) in [5.41, 5.74) is 5.90. The Bertz CT molecular complexity index is 1230. The molecule has 1 aromatic heterocycles. The number of fused-ring (bicyclic) bond motifs is 1. The van der Waals surface area contributed by atoms with Gasteiger partial charge in [0.05, 0.1) is 11.1 Å². The monoisotopic (exact) mass is 381 g/mol. The Morgan fingerprint density at radius 2 is 1.66 bits per heavy atom. The van der Waals surface area contributed by atoms with Gasteiger partial charge >= 0.3 is 0 Å². The van der Waals surface area contributed by atoms with E-state index in [1.165, 1.54) is 18.2 Å². The second kappa shape index (κ2) is 7.80. The van der Waals surface area contributed by atoms with Crippen LogP contribution in [0.25, 0.3) is 28.1 Å². The lowest BCUT2D eigenvalue weighted by Gasteiger charge is -2.14. The van der Waals surface area contributed by atoms with Crippen LogP contribution in [0.4, 0.5) is 4.39 Å². The summed E-state index contributed by atoms with van der Waals surface area (Å²) in [6, 6.07) is 22.1. The molecule has 142 valence electrons. The maximum atomic E-state index is 13.2. The van der Waals surface area contributed by atoms with E-state index in [2.05, 4.69) is 11.1 Å². The second-order valence-corrected chi connectivity index (χ2v) is 7.08. The number of hydrogen-bond acceptors (Lipinski definition) is 2. The van der Waals surface area contributed by atoms with E-state index in [0.29, 0.717) is 11.3 Å². The van der Waals surface area contributed by atoms with Crippen LogP contribution in [0.3, 0.4) is 0 Å². The lowest BCUT2D eigenvalue weighted by Crippen LogP contribution is -2.05. The number of allylic oxidation sites excluding steroid dienone is 1. The van der Waals surface area contributed by atoms with Crippen LogP contribution < -0.4 is 0 Å². The van der Waals surface area contributed by atoms with E-state index in [1.807, 2.05) is 56.3 Å². The Hall–Kier alpha value is -3.59. The van der Waals surface area contributed by atoms with E-state index in [4.69, 9.17) is 0 Å². The number of hydrogen-bond donors (Lipinski definition) is 0. The molecule has 1 heterocycles. The number of aryl methyl sites for hydroxylation is 2. The van der Waals surface area contributed by atoms with Gasteiger partial charge in [0.2, 0.25) is 0 Å². The molecule has 0 atom stereocenters. The molecule has 2 nitrogen and oxygen atoms in total. The molecule has 29 heavy (non-hydrogen) atoms. The van der Waals surface area contributed by atoms with Gasteiger partial charge in [-0.3, -0.25) is 9.78 Å². The average Bonchev–Trinajstić information content (AvgIpc) is 2.73. The predicted molar refractivity (Wildman–Crippen MR) is 116 cm³/mol. The molecule has 0 saturated heterocycles. The largest absolute Gasteiger partial charge is 0.289 e. The molecule has 0 spiro atoms. The normalized spacial score (nSPS) is 11.3. The first kappa shape index (κ1) is 18.8. The maximum Gasteiger partial charge on any atom is 0.188 e. The van der Waals surface area contributed by atoms with Crippen molar-refractivity contribution in [3.63, 3.8) is 0 Å². The van der Waals surface area contributed by atoms with Crippen molar-refractivity contribution in [3.05, 3.63) is 107 Å². The topological polar surface area (TPSA) is 30.0 Å². The minimum absolute atomic E-state index is 0.124. The molecule has 4 rings (SSSR count). The van der Waals surface area contributed by atoms with Gasteiger partial charge in [0.15, 0.2) is 5.78 Å². The van der Waals surface area contributed by atoms with Crippen LogP contribution in [-0.4, -0.2) is 10.8 Å². The molecule has 0 fully saturated rings. The fourth-order valence-electron chi connectivity index (χ4n) is 3.54. The van der Waals surface area contributed by atoms with Gasteiger partial charge < -0.3 is 0 Å². The van der Waals surface area contributed by atoms with Crippen molar-refractivity contribution in [1.82, 2.24) is 4.98 Å². The number of rotatable bonds is 4. The number of carbonyl (C=O) groups excluding carboxylic acids is 1. The Labute approximate surface area is 169 Å². The fraction of sp³-hybridized carbons (Fsp3) is 0.0769. The number of ketones is 1. The SMILES string of the molecule is Cc1ccc2nc(C)c(C(=O)C=Cc3ccc(F)cc3)c(-c3ccccc3)c2c1. The van der Waals surface area contributed by atoms with E-state index >= 15 is 0 Å². The third-order valence-corrected chi connectivity index (χ3v) is 4.93. The summed E-state index contributed by atoms with van der Waals surface area (Å²) in [5.74, 6) is -0.425. The Kier molecular flexibility index (Phi) is 5.05. The van der Waals surface area contributed by atoms with Crippen molar-refractivity contribution >= 4 is 22.8 Å². The molecule has 0 bridgehead atoms. The van der Waals surface area contributed by atoms with Gasteiger partial charge in [0, 0.05) is 16.6 Å². The lowest BCUT2D eigenvalue weighted by molar-refractivity contribution is 0.104. The Morgan fingerprint density at radius 3 is 2.38 bits per heavy atom. The summed E-state index contributed by atoms with van der Waals surface area (Å²) in [6.07, 6.45) is 3.24. The number of aromatic nitrogens is 1. The maximum absolute atomic E-state index is 13.2. The summed E-state index contributed by atoms with van der Waals surface area (Å²) < 4.78 is 13.1. The van der Waals surface area contributed by atoms with E-state index in [9.17, 15) is 9.18 Å². The van der Waals surface area contributed by atoms with Gasteiger partial charge in [0.1, 0.15) is 5.82 Å². The van der Waals surface area contributed by atoms with Gasteiger partial charge in [-0.25, -0.2) is 4.39 Å². The van der Waals surface area contributed by atoms with E-state index < -0.39 is 0 Å². The molecule has 0 amide bonds. The molecular weight excluding hydrogens is 361 g/mol. The minimum Gasteiger partial charge on any atom is -0.289 e. The van der Waals surface area contributed by atoms with Crippen LogP contribution in [0.5, 0.6) is 0 Å². The van der Waals surface area contributed by atoms with Crippen LogP contribution in [0.15, 0.2) is 78.9 Å². The number of benzene rings is 3. The third kappa shape index (κ3) is 3.85. The van der Waals surface area contributed by atoms with Crippen molar-refractivity contribution < 1.29 is 9.18 Å². The molecule has 0 N–H and O–H groups in total. The molecule has 0 radical (unpaired) electrons. The van der Waals surface area contributed by atoms with Crippen LogP contribution in [-0.2, 0) is 0 Å². The molecule has 0 aliphatic rings. The molecule has 0 saturated carbocycles. The molecule has 0 unspecified atom stereocenters. The lowest BCUT2D eigenvalue weighted by atomic mass is 9.91. The molecular formula is C26H20FNO. The summed E-state index contributed by atoms with van der Waals surface area (Å²) in [5, 5.41) is 0.959. The summed E-state index contributed by atoms with van der Waals surface area (Å²) in [7, 11) is 0. The highest BCUT2D eigenvalue weighted by Crippen LogP contribution is 2.34. The molecule has 0 aliphatic heterocycles. The van der Waals surface area contributed by atoms with Crippen LogP contribution in [0, 0.1) is 19.7 Å². The van der Waals surface area contributed by atoms with Gasteiger partial charge in [-0.2, -0.15) is 0 Å². The Morgan fingerprint density at radius 1 is 0.931 bits per heavy atom. The van der Waals surface area contributed by atoms with Crippen LogP contribution in [0.2, 0.25) is 0 Å². The molecule has 4 aromatic rings. The predicted octanol–water partition coefficient (Wildman–Crippen LogP) is 6.55. The van der Waals surface area contributed by atoms with Gasteiger partial charge in [-0.1, -0.05) is 60.2 Å². The Balaban J connectivity index is 1.90. The molecule has 0 aliphatic carbocycles. The highest BCUT2D eigenvalue weighted by atomic mass is 19.1. The highest BCUT2D eigenvalue weighted by Gasteiger charge is 2.19. The summed E-state index contributed by atoms with van der Waals surface area (Å²) in [6.45, 7) is 3.90. The zero-order valence-electron chi connectivity index (χ0n) is 16.3. The summed E-state index contributed by atoms with van der Waals surface area (Å²) in [4.78, 5) is 17.9. The van der Waals surface area contributed by atoms with Crippen molar-refractivity contribution in [2.24, 2.45) is 0 Å². The number of pyridine rings is 1. The van der Waals surface area contributed by atoms with Crippen molar-refractivity contribution in [3.8, 4) is 11.1 Å². The van der Waals surface area contributed by atoms with Gasteiger partial charge in [-0.05, 0) is 55.3 Å². The van der Waals surface area contributed by atoms with Gasteiger partial charge in [-0.15, -0.1) is 0 Å². The fourth-order valence-corrected chi connectivity index (χ4v) is 3.54. The quantitative estimate of drug-likeness (QED) is 0.296. The smallest absolute Gasteiger partial charge is 0.188 e. The third-order valence-electron chi connectivity index (χ3n) is 4.93. The standard InChI is InChI=1S/C26H20FNO/c1-17-8-14-23-22(16-17)26(20-6-4-3-5-7-20)25(18(2)28-23)24(29)15-11-19-9-12-21(27)13-10-19/h3-16H,1-2H3. The van der Waals surface area contributed by atoms with E-state index in [1.54, 1.807) is 18.2 Å².